The summed E-state index contributed by atoms with van der Waals surface area (Å²) in [7, 11) is 1.70. The average molecular weight is 313 g/mol. The van der Waals surface area contributed by atoms with Crippen LogP contribution in [0.5, 0.6) is 0 Å². The second kappa shape index (κ2) is 6.96. The number of aromatic nitrogens is 2. The van der Waals surface area contributed by atoms with E-state index in [0.717, 1.165) is 37.1 Å². The molecule has 23 heavy (non-hydrogen) atoms. The molecule has 5 heteroatoms. The Kier molecular flexibility index (Phi) is 4.76. The summed E-state index contributed by atoms with van der Waals surface area (Å²) in [5.74, 6) is 0.550. The third-order valence-electron chi connectivity index (χ3n) is 4.20. The van der Waals surface area contributed by atoms with Gasteiger partial charge in [-0.2, -0.15) is 0 Å². The fourth-order valence-corrected chi connectivity index (χ4v) is 2.85. The van der Waals surface area contributed by atoms with Gasteiger partial charge in [0, 0.05) is 38.7 Å². The standard InChI is InChI=1S/C18H23N3O2/c1-14-6-3-4-7-16(14)21-12-10-19-17(18(21)22)20(15-8-9-15)11-5-13-23-2/h3-4,6-7,10,12,15H,5,8-9,11,13H2,1-2H3. The number of hydrogen-bond donors (Lipinski definition) is 0. The molecule has 1 heterocycles. The minimum absolute atomic E-state index is 0.0499. The van der Waals surface area contributed by atoms with Gasteiger partial charge in [-0.15, -0.1) is 0 Å². The first kappa shape index (κ1) is 15.7. The lowest BCUT2D eigenvalue weighted by Crippen LogP contribution is -2.35. The molecule has 0 aliphatic heterocycles. The van der Waals surface area contributed by atoms with E-state index in [1.54, 1.807) is 24.1 Å². The lowest BCUT2D eigenvalue weighted by Gasteiger charge is -2.23. The summed E-state index contributed by atoms with van der Waals surface area (Å²) in [4.78, 5) is 19.5. The van der Waals surface area contributed by atoms with Crippen molar-refractivity contribution in [3.63, 3.8) is 0 Å². The molecule has 0 atom stereocenters. The second-order valence-corrected chi connectivity index (χ2v) is 5.98. The second-order valence-electron chi connectivity index (χ2n) is 5.98. The van der Waals surface area contributed by atoms with Crippen LogP contribution >= 0.6 is 0 Å². The smallest absolute Gasteiger partial charge is 0.298 e. The fourth-order valence-electron chi connectivity index (χ4n) is 2.85. The molecule has 1 aliphatic carbocycles. The zero-order valence-corrected chi connectivity index (χ0v) is 13.7. The third-order valence-corrected chi connectivity index (χ3v) is 4.20. The highest BCUT2D eigenvalue weighted by atomic mass is 16.5. The van der Waals surface area contributed by atoms with E-state index in [4.69, 9.17) is 4.74 Å². The molecule has 0 radical (unpaired) electrons. The first-order chi connectivity index (χ1) is 11.2. The summed E-state index contributed by atoms with van der Waals surface area (Å²) in [5, 5.41) is 0. The molecule has 122 valence electrons. The van der Waals surface area contributed by atoms with Gasteiger partial charge in [-0.1, -0.05) is 18.2 Å². The Bertz CT molecular complexity index is 722. The van der Waals surface area contributed by atoms with Gasteiger partial charge in [-0.25, -0.2) is 4.98 Å². The van der Waals surface area contributed by atoms with Crippen molar-refractivity contribution < 1.29 is 4.74 Å². The highest BCUT2D eigenvalue weighted by molar-refractivity contribution is 5.45. The van der Waals surface area contributed by atoms with Crippen molar-refractivity contribution in [3.8, 4) is 5.69 Å². The molecule has 5 nitrogen and oxygen atoms in total. The minimum Gasteiger partial charge on any atom is -0.385 e. The molecular weight excluding hydrogens is 290 g/mol. The number of para-hydroxylation sites is 1. The van der Waals surface area contributed by atoms with Gasteiger partial charge in [0.2, 0.25) is 0 Å². The summed E-state index contributed by atoms with van der Waals surface area (Å²) in [6.07, 6.45) is 6.62. The molecule has 0 saturated heterocycles. The van der Waals surface area contributed by atoms with Gasteiger partial charge >= 0.3 is 0 Å². The van der Waals surface area contributed by atoms with E-state index in [2.05, 4.69) is 9.88 Å². The summed E-state index contributed by atoms with van der Waals surface area (Å²) >= 11 is 0. The van der Waals surface area contributed by atoms with Gasteiger partial charge in [-0.05, 0) is 37.8 Å². The SMILES string of the molecule is COCCCN(c1nccn(-c2ccccc2C)c1=O)C1CC1. The normalized spacial score (nSPS) is 14.0. The van der Waals surface area contributed by atoms with Crippen molar-refractivity contribution >= 4 is 5.82 Å². The predicted molar refractivity (Wildman–Crippen MR) is 91.4 cm³/mol. The number of nitrogens with zero attached hydrogens (tertiary/aromatic N) is 3. The molecular formula is C18H23N3O2. The van der Waals surface area contributed by atoms with Crippen LogP contribution in [0.2, 0.25) is 0 Å². The van der Waals surface area contributed by atoms with Crippen LogP contribution in [-0.4, -0.2) is 35.9 Å². The van der Waals surface area contributed by atoms with Gasteiger partial charge in [-0.3, -0.25) is 9.36 Å². The van der Waals surface area contributed by atoms with Crippen LogP contribution in [0.15, 0.2) is 41.5 Å². The molecule has 1 aromatic heterocycles. The Labute approximate surface area is 136 Å². The summed E-state index contributed by atoms with van der Waals surface area (Å²) < 4.78 is 6.83. The van der Waals surface area contributed by atoms with Crippen LogP contribution in [-0.2, 0) is 4.74 Å². The van der Waals surface area contributed by atoms with Crippen molar-refractivity contribution in [1.82, 2.24) is 9.55 Å². The first-order valence-corrected chi connectivity index (χ1v) is 8.11. The lowest BCUT2D eigenvalue weighted by molar-refractivity contribution is 0.196. The summed E-state index contributed by atoms with van der Waals surface area (Å²) in [6.45, 7) is 3.51. The van der Waals surface area contributed by atoms with Crippen LogP contribution in [0.1, 0.15) is 24.8 Å². The van der Waals surface area contributed by atoms with E-state index in [9.17, 15) is 4.79 Å². The van der Waals surface area contributed by atoms with Gasteiger partial charge < -0.3 is 9.64 Å². The zero-order valence-electron chi connectivity index (χ0n) is 13.7. The topological polar surface area (TPSA) is 47.4 Å². The van der Waals surface area contributed by atoms with E-state index in [-0.39, 0.29) is 5.56 Å². The van der Waals surface area contributed by atoms with Crippen molar-refractivity contribution in [3.05, 3.63) is 52.6 Å². The van der Waals surface area contributed by atoms with Crippen LogP contribution in [0.4, 0.5) is 5.82 Å². The van der Waals surface area contributed by atoms with Crippen molar-refractivity contribution in [2.24, 2.45) is 0 Å². The number of methoxy groups -OCH3 is 1. The van der Waals surface area contributed by atoms with E-state index >= 15 is 0 Å². The number of aryl methyl sites for hydroxylation is 1. The van der Waals surface area contributed by atoms with Gasteiger partial charge in [0.25, 0.3) is 5.56 Å². The summed E-state index contributed by atoms with van der Waals surface area (Å²) in [6, 6.07) is 8.35. The third kappa shape index (κ3) is 3.45. The Morgan fingerprint density at radius 1 is 1.35 bits per heavy atom. The molecule has 0 unspecified atom stereocenters. The Morgan fingerprint density at radius 2 is 2.13 bits per heavy atom. The number of anilines is 1. The average Bonchev–Trinajstić information content (AvgIpc) is 3.38. The number of ether oxygens (including phenoxy) is 1. The molecule has 1 aliphatic rings. The van der Waals surface area contributed by atoms with Crippen molar-refractivity contribution in [1.29, 1.82) is 0 Å². The molecule has 0 bridgehead atoms. The molecule has 0 amide bonds. The molecule has 0 N–H and O–H groups in total. The Balaban J connectivity index is 1.95. The van der Waals surface area contributed by atoms with Crippen LogP contribution in [0.25, 0.3) is 5.69 Å². The largest absolute Gasteiger partial charge is 0.385 e. The molecule has 0 spiro atoms. The van der Waals surface area contributed by atoms with Gasteiger partial charge in [0.15, 0.2) is 5.82 Å². The Hall–Kier alpha value is -2.14. The van der Waals surface area contributed by atoms with Crippen molar-refractivity contribution in [2.75, 3.05) is 25.2 Å². The van der Waals surface area contributed by atoms with Crippen LogP contribution in [0, 0.1) is 6.92 Å². The quantitative estimate of drug-likeness (QED) is 0.737. The lowest BCUT2D eigenvalue weighted by atomic mass is 10.2. The maximum absolute atomic E-state index is 13.0. The molecule has 3 rings (SSSR count). The number of rotatable bonds is 7. The fraction of sp³-hybridized carbons (Fsp3) is 0.444. The molecule has 2 aromatic rings. The molecule has 1 saturated carbocycles. The van der Waals surface area contributed by atoms with Crippen LogP contribution in [0.3, 0.4) is 0 Å². The minimum atomic E-state index is -0.0499. The van der Waals surface area contributed by atoms with Crippen LogP contribution < -0.4 is 10.5 Å². The van der Waals surface area contributed by atoms with E-state index in [1.807, 2.05) is 31.2 Å². The summed E-state index contributed by atoms with van der Waals surface area (Å²) in [5.41, 5.74) is 1.93. The Morgan fingerprint density at radius 3 is 2.83 bits per heavy atom. The highest BCUT2D eigenvalue weighted by Crippen LogP contribution is 2.29. The maximum atomic E-state index is 13.0. The molecule has 1 fully saturated rings. The number of hydrogen-bond acceptors (Lipinski definition) is 4. The van der Waals surface area contributed by atoms with Gasteiger partial charge in [0.1, 0.15) is 0 Å². The number of benzene rings is 1. The zero-order chi connectivity index (χ0) is 16.2. The first-order valence-electron chi connectivity index (χ1n) is 8.11. The monoisotopic (exact) mass is 313 g/mol. The van der Waals surface area contributed by atoms with E-state index < -0.39 is 0 Å². The predicted octanol–water partition coefficient (Wildman–Crippen LogP) is 2.55. The molecule has 1 aromatic carbocycles. The van der Waals surface area contributed by atoms with Crippen molar-refractivity contribution in [2.45, 2.75) is 32.2 Å². The van der Waals surface area contributed by atoms with E-state index in [0.29, 0.717) is 18.5 Å². The van der Waals surface area contributed by atoms with E-state index in [1.165, 1.54) is 0 Å². The van der Waals surface area contributed by atoms with Gasteiger partial charge in [0.05, 0.1) is 5.69 Å². The highest BCUT2D eigenvalue weighted by Gasteiger charge is 2.31. The maximum Gasteiger partial charge on any atom is 0.298 e.